The van der Waals surface area contributed by atoms with Crippen molar-refractivity contribution in [2.24, 2.45) is 0 Å². The van der Waals surface area contributed by atoms with Crippen molar-refractivity contribution in [3.8, 4) is 5.75 Å². The molecule has 4 N–H and O–H groups in total. The second-order valence-corrected chi connectivity index (χ2v) is 10.1. The monoisotopic (exact) mass is 462 g/mol. The van der Waals surface area contributed by atoms with Crippen molar-refractivity contribution < 1.29 is 29.9 Å². The summed E-state index contributed by atoms with van der Waals surface area (Å²) in [5, 5.41) is 41.2. The minimum Gasteiger partial charge on any atom is -0.491 e. The van der Waals surface area contributed by atoms with Gasteiger partial charge in [-0.3, -0.25) is 0 Å². The molecule has 0 bridgehead atoms. The van der Waals surface area contributed by atoms with E-state index in [1.807, 2.05) is 6.07 Å². The number of hydrogen-bond acceptors (Lipinski definition) is 6. The normalized spacial score (nSPS) is 27.8. The molecule has 5 atom stereocenters. The summed E-state index contributed by atoms with van der Waals surface area (Å²) >= 11 is 6.71. The summed E-state index contributed by atoms with van der Waals surface area (Å²) in [7, 11) is 0. The largest absolute Gasteiger partial charge is 0.491 e. The van der Waals surface area contributed by atoms with Crippen molar-refractivity contribution in [3.05, 3.63) is 63.2 Å². The Morgan fingerprint density at radius 1 is 1.03 bits per heavy atom. The highest BCUT2D eigenvalue weighted by Gasteiger charge is 2.45. The van der Waals surface area contributed by atoms with Crippen molar-refractivity contribution >= 4 is 11.6 Å². The molecule has 174 valence electrons. The van der Waals surface area contributed by atoms with Crippen molar-refractivity contribution in [1.82, 2.24) is 0 Å². The molecule has 2 aromatic carbocycles. The van der Waals surface area contributed by atoms with Crippen molar-refractivity contribution in [2.75, 3.05) is 13.2 Å². The number of aliphatic hydroxyl groups is 4. The maximum Gasteiger partial charge on any atom is 0.141 e. The van der Waals surface area contributed by atoms with Crippen LogP contribution in [0.1, 0.15) is 54.7 Å². The number of fused-ring (bicyclic) bond motifs is 1. The Labute approximate surface area is 193 Å². The van der Waals surface area contributed by atoms with E-state index in [4.69, 9.17) is 21.1 Å². The van der Waals surface area contributed by atoms with E-state index in [1.54, 1.807) is 0 Å². The molecular formula is C25H31ClO6. The summed E-state index contributed by atoms with van der Waals surface area (Å²) in [5.74, 6) is 0.572. The van der Waals surface area contributed by atoms with E-state index < -0.39 is 37.1 Å². The first-order valence-electron chi connectivity index (χ1n) is 11.0. The highest BCUT2D eigenvalue weighted by Crippen LogP contribution is 2.44. The SMILES string of the molecule is CC(C)(C)c1ccc(Cc2cc(C3OC(CO)C(O)C(O)C3O)c3c(c2Cl)OCC3)cc1. The van der Waals surface area contributed by atoms with Crippen LogP contribution in [0, 0.1) is 0 Å². The minimum absolute atomic E-state index is 0.0634. The van der Waals surface area contributed by atoms with Crippen LogP contribution in [-0.4, -0.2) is 58.1 Å². The molecule has 4 rings (SSSR count). The third kappa shape index (κ3) is 4.28. The number of ether oxygens (including phenoxy) is 2. The van der Waals surface area contributed by atoms with Gasteiger partial charge >= 0.3 is 0 Å². The summed E-state index contributed by atoms with van der Waals surface area (Å²) in [6.45, 7) is 6.50. The van der Waals surface area contributed by atoms with Crippen LogP contribution in [0.5, 0.6) is 5.75 Å². The number of hydrogen-bond donors (Lipinski definition) is 4. The van der Waals surface area contributed by atoms with Crippen LogP contribution in [0.3, 0.4) is 0 Å². The average molecular weight is 463 g/mol. The fraction of sp³-hybridized carbons (Fsp3) is 0.520. The van der Waals surface area contributed by atoms with Crippen molar-refractivity contribution in [3.63, 3.8) is 0 Å². The molecule has 2 heterocycles. The van der Waals surface area contributed by atoms with E-state index >= 15 is 0 Å². The van der Waals surface area contributed by atoms with E-state index in [9.17, 15) is 20.4 Å². The van der Waals surface area contributed by atoms with E-state index in [0.29, 0.717) is 35.8 Å². The number of halogens is 1. The molecule has 0 aliphatic carbocycles. The third-order valence-electron chi connectivity index (χ3n) is 6.45. The van der Waals surface area contributed by atoms with E-state index in [2.05, 4.69) is 45.0 Å². The van der Waals surface area contributed by atoms with Gasteiger partial charge in [-0.1, -0.05) is 62.7 Å². The molecule has 6 nitrogen and oxygen atoms in total. The van der Waals surface area contributed by atoms with Crippen LogP contribution >= 0.6 is 11.6 Å². The Morgan fingerprint density at radius 3 is 2.34 bits per heavy atom. The Balaban J connectivity index is 1.71. The first kappa shape index (κ1) is 23.5. The molecule has 5 unspecified atom stereocenters. The summed E-state index contributed by atoms with van der Waals surface area (Å²) in [6.07, 6.45) is -4.92. The molecule has 2 aliphatic heterocycles. The topological polar surface area (TPSA) is 99.4 Å². The zero-order chi connectivity index (χ0) is 23.2. The molecule has 0 aromatic heterocycles. The van der Waals surface area contributed by atoms with E-state index in [-0.39, 0.29) is 5.41 Å². The zero-order valence-electron chi connectivity index (χ0n) is 18.6. The molecule has 0 spiro atoms. The molecule has 7 heteroatoms. The van der Waals surface area contributed by atoms with Crippen LogP contribution in [-0.2, 0) is 23.0 Å². The second-order valence-electron chi connectivity index (χ2n) is 9.72. The summed E-state index contributed by atoms with van der Waals surface area (Å²) in [5.41, 5.74) is 4.70. The number of rotatable bonds is 4. The van der Waals surface area contributed by atoms with Gasteiger partial charge in [0.25, 0.3) is 0 Å². The smallest absolute Gasteiger partial charge is 0.141 e. The van der Waals surface area contributed by atoms with Gasteiger partial charge in [0.2, 0.25) is 0 Å². The molecule has 0 saturated carbocycles. The lowest BCUT2D eigenvalue weighted by molar-refractivity contribution is -0.231. The molecule has 0 amide bonds. The maximum absolute atomic E-state index is 10.7. The Kier molecular flexibility index (Phi) is 6.56. The predicted molar refractivity (Wildman–Crippen MR) is 121 cm³/mol. The predicted octanol–water partition coefficient (Wildman–Crippen LogP) is 2.68. The molecule has 1 fully saturated rings. The van der Waals surface area contributed by atoms with Gasteiger partial charge in [0.05, 0.1) is 18.2 Å². The average Bonchev–Trinajstić information content (AvgIpc) is 3.25. The van der Waals surface area contributed by atoms with Crippen molar-refractivity contribution in [2.45, 2.75) is 69.5 Å². The van der Waals surface area contributed by atoms with E-state index in [1.165, 1.54) is 5.56 Å². The highest BCUT2D eigenvalue weighted by molar-refractivity contribution is 6.33. The quantitative estimate of drug-likeness (QED) is 0.557. The van der Waals surface area contributed by atoms with Gasteiger partial charge in [-0.2, -0.15) is 0 Å². The maximum atomic E-state index is 10.7. The lowest BCUT2D eigenvalue weighted by Crippen LogP contribution is -2.55. The van der Waals surface area contributed by atoms with Crippen LogP contribution in [0.15, 0.2) is 30.3 Å². The molecule has 0 radical (unpaired) electrons. The second kappa shape index (κ2) is 8.93. The fourth-order valence-electron chi connectivity index (χ4n) is 4.49. The standard InChI is InChI=1S/C25H31ClO6/c1-25(2,3)15-6-4-13(5-7-15)10-14-11-17(16-8-9-31-23(16)19(14)26)24-22(30)21(29)20(28)18(12-27)32-24/h4-7,11,18,20-22,24,27-30H,8-10,12H2,1-3H3. The Hall–Kier alpha value is -1.67. The van der Waals surface area contributed by atoms with Gasteiger partial charge in [-0.25, -0.2) is 0 Å². The molecule has 2 aliphatic rings. The number of benzene rings is 2. The van der Waals surface area contributed by atoms with Crippen LogP contribution in [0.4, 0.5) is 0 Å². The fourth-order valence-corrected chi connectivity index (χ4v) is 4.78. The van der Waals surface area contributed by atoms with Crippen LogP contribution < -0.4 is 4.74 Å². The minimum atomic E-state index is -1.44. The molecule has 1 saturated heterocycles. The number of aliphatic hydroxyl groups excluding tert-OH is 4. The molecular weight excluding hydrogens is 432 g/mol. The lowest BCUT2D eigenvalue weighted by atomic mass is 9.85. The Bertz CT molecular complexity index is 966. The van der Waals surface area contributed by atoms with Gasteiger partial charge in [0.15, 0.2) is 0 Å². The Morgan fingerprint density at radius 2 is 1.72 bits per heavy atom. The zero-order valence-corrected chi connectivity index (χ0v) is 19.3. The third-order valence-corrected chi connectivity index (χ3v) is 6.86. The first-order chi connectivity index (χ1) is 15.1. The van der Waals surface area contributed by atoms with E-state index in [0.717, 1.165) is 16.7 Å². The van der Waals surface area contributed by atoms with Crippen LogP contribution in [0.2, 0.25) is 5.02 Å². The van der Waals surface area contributed by atoms with Gasteiger partial charge in [0.1, 0.15) is 36.3 Å². The van der Waals surface area contributed by atoms with Crippen LogP contribution in [0.25, 0.3) is 0 Å². The first-order valence-corrected chi connectivity index (χ1v) is 11.4. The summed E-state index contributed by atoms with van der Waals surface area (Å²) < 4.78 is 11.6. The lowest BCUT2D eigenvalue weighted by Gasteiger charge is -2.40. The molecule has 32 heavy (non-hydrogen) atoms. The van der Waals surface area contributed by atoms with Gasteiger partial charge in [-0.15, -0.1) is 0 Å². The molecule has 2 aromatic rings. The van der Waals surface area contributed by atoms with Gasteiger partial charge in [0, 0.05) is 12.0 Å². The summed E-state index contributed by atoms with van der Waals surface area (Å²) in [4.78, 5) is 0. The highest BCUT2D eigenvalue weighted by atomic mass is 35.5. The van der Waals surface area contributed by atoms with Gasteiger partial charge < -0.3 is 29.9 Å². The summed E-state index contributed by atoms with van der Waals surface area (Å²) in [6, 6.07) is 10.3. The van der Waals surface area contributed by atoms with Crippen molar-refractivity contribution in [1.29, 1.82) is 0 Å². The van der Waals surface area contributed by atoms with Gasteiger partial charge in [-0.05, 0) is 34.1 Å².